The topological polar surface area (TPSA) is 55.6 Å². The van der Waals surface area contributed by atoms with E-state index in [2.05, 4.69) is 4.74 Å². The van der Waals surface area contributed by atoms with Crippen molar-refractivity contribution in [3.8, 4) is 0 Å². The highest BCUT2D eigenvalue weighted by atomic mass is 19.1. The Morgan fingerprint density at radius 3 is 2.76 bits per heavy atom. The van der Waals surface area contributed by atoms with Crippen LogP contribution < -0.4 is 5.73 Å². The molecule has 0 aliphatic rings. The molecule has 1 rings (SSSR count). The molecule has 0 radical (unpaired) electrons. The van der Waals surface area contributed by atoms with Crippen LogP contribution in [-0.2, 0) is 22.6 Å². The fourth-order valence-electron chi connectivity index (χ4n) is 1.48. The summed E-state index contributed by atoms with van der Waals surface area (Å²) in [4.78, 5) is 12.7. The zero-order valence-electron chi connectivity index (χ0n) is 10.1. The Bertz CT molecular complexity index is 396. The Labute approximate surface area is 100 Å². The molecule has 0 aliphatic carbocycles. The summed E-state index contributed by atoms with van der Waals surface area (Å²) in [7, 11) is 3.06. The molecule has 5 heteroatoms. The summed E-state index contributed by atoms with van der Waals surface area (Å²) in [6.07, 6.45) is 0. The molecule has 0 saturated heterocycles. The van der Waals surface area contributed by atoms with Gasteiger partial charge in [0.15, 0.2) is 0 Å². The van der Waals surface area contributed by atoms with E-state index in [1.54, 1.807) is 24.1 Å². The van der Waals surface area contributed by atoms with Crippen LogP contribution in [0.5, 0.6) is 0 Å². The predicted molar refractivity (Wildman–Crippen MR) is 62.6 cm³/mol. The fraction of sp³-hybridized carbons (Fsp3) is 0.417. The van der Waals surface area contributed by atoms with Crippen molar-refractivity contribution in [2.24, 2.45) is 5.73 Å². The number of hydrogen-bond donors (Lipinski definition) is 1. The Morgan fingerprint density at radius 1 is 1.53 bits per heavy atom. The molecule has 0 aromatic heterocycles. The summed E-state index contributed by atoms with van der Waals surface area (Å²) in [5, 5.41) is 0. The molecule has 0 atom stereocenters. The number of nitrogens with zero attached hydrogens (tertiary/aromatic N) is 1. The monoisotopic (exact) mass is 240 g/mol. The van der Waals surface area contributed by atoms with E-state index >= 15 is 0 Å². The Balaban J connectivity index is 2.65. The molecule has 94 valence electrons. The first-order valence-electron chi connectivity index (χ1n) is 5.29. The van der Waals surface area contributed by atoms with Gasteiger partial charge in [-0.3, -0.25) is 9.69 Å². The van der Waals surface area contributed by atoms with Crippen LogP contribution in [0.25, 0.3) is 0 Å². The van der Waals surface area contributed by atoms with Gasteiger partial charge in [-0.2, -0.15) is 0 Å². The Kier molecular flexibility index (Phi) is 5.06. The highest BCUT2D eigenvalue weighted by Gasteiger charge is 2.10. The first-order valence-corrected chi connectivity index (χ1v) is 5.29. The summed E-state index contributed by atoms with van der Waals surface area (Å²) in [6, 6.07) is 4.89. The maximum Gasteiger partial charge on any atom is 0.319 e. The Hall–Kier alpha value is -1.46. The van der Waals surface area contributed by atoms with E-state index in [1.807, 2.05) is 0 Å². The van der Waals surface area contributed by atoms with Gasteiger partial charge in [0.1, 0.15) is 5.82 Å². The van der Waals surface area contributed by atoms with E-state index in [1.165, 1.54) is 13.2 Å². The number of nitrogens with two attached hydrogens (primary N) is 1. The number of ether oxygens (including phenoxy) is 1. The summed E-state index contributed by atoms with van der Waals surface area (Å²) in [6.45, 7) is 0.801. The van der Waals surface area contributed by atoms with E-state index in [0.717, 1.165) is 5.56 Å². The van der Waals surface area contributed by atoms with Gasteiger partial charge in [-0.1, -0.05) is 12.1 Å². The lowest BCUT2D eigenvalue weighted by molar-refractivity contribution is -0.141. The molecule has 0 unspecified atom stereocenters. The van der Waals surface area contributed by atoms with Crippen LogP contribution in [0.3, 0.4) is 0 Å². The highest BCUT2D eigenvalue weighted by molar-refractivity contribution is 5.71. The normalized spacial score (nSPS) is 10.6. The second kappa shape index (κ2) is 6.32. The molecule has 0 fully saturated rings. The van der Waals surface area contributed by atoms with Crippen molar-refractivity contribution >= 4 is 5.97 Å². The number of carbonyl (C=O) groups excluding carboxylic acids is 1. The third-order valence-corrected chi connectivity index (χ3v) is 2.42. The van der Waals surface area contributed by atoms with Crippen LogP contribution in [0, 0.1) is 5.82 Å². The van der Waals surface area contributed by atoms with Crippen LogP contribution in [0.1, 0.15) is 11.1 Å². The molecule has 17 heavy (non-hydrogen) atoms. The number of carbonyl (C=O) groups is 1. The van der Waals surface area contributed by atoms with Crippen molar-refractivity contribution in [2.45, 2.75) is 13.1 Å². The SMILES string of the molecule is COC(=O)CN(C)Cc1ccc(CN)cc1F. The lowest BCUT2D eigenvalue weighted by Crippen LogP contribution is -2.26. The second-order valence-electron chi connectivity index (χ2n) is 3.88. The molecule has 0 spiro atoms. The third-order valence-electron chi connectivity index (χ3n) is 2.42. The minimum absolute atomic E-state index is 0.134. The van der Waals surface area contributed by atoms with Gasteiger partial charge in [-0.15, -0.1) is 0 Å². The number of esters is 1. The standard InChI is InChI=1S/C12H17FN2O2/c1-15(8-12(16)17-2)7-10-4-3-9(6-14)5-11(10)13/h3-5H,6-8,14H2,1-2H3. The van der Waals surface area contributed by atoms with Gasteiger partial charge in [-0.05, 0) is 18.7 Å². The van der Waals surface area contributed by atoms with Gasteiger partial charge in [0.05, 0.1) is 13.7 Å². The van der Waals surface area contributed by atoms with Gasteiger partial charge < -0.3 is 10.5 Å². The number of halogens is 1. The zero-order chi connectivity index (χ0) is 12.8. The highest BCUT2D eigenvalue weighted by Crippen LogP contribution is 2.12. The number of methoxy groups -OCH3 is 1. The lowest BCUT2D eigenvalue weighted by Gasteiger charge is -2.15. The van der Waals surface area contributed by atoms with E-state index in [0.29, 0.717) is 18.7 Å². The predicted octanol–water partition coefficient (Wildman–Crippen LogP) is 0.889. The number of rotatable bonds is 5. The number of likely N-dealkylation sites (N-methyl/N-ethyl adjacent to an activating group) is 1. The molecule has 0 saturated carbocycles. The molecular weight excluding hydrogens is 223 g/mol. The molecule has 0 aliphatic heterocycles. The van der Waals surface area contributed by atoms with Crippen LogP contribution >= 0.6 is 0 Å². The second-order valence-corrected chi connectivity index (χ2v) is 3.88. The minimum atomic E-state index is -0.341. The molecule has 1 aromatic carbocycles. The Morgan fingerprint density at radius 2 is 2.24 bits per heavy atom. The minimum Gasteiger partial charge on any atom is -0.468 e. The zero-order valence-corrected chi connectivity index (χ0v) is 10.1. The van der Waals surface area contributed by atoms with Crippen molar-refractivity contribution in [2.75, 3.05) is 20.7 Å². The lowest BCUT2D eigenvalue weighted by atomic mass is 10.1. The quantitative estimate of drug-likeness (QED) is 0.777. The van der Waals surface area contributed by atoms with Gasteiger partial charge in [0.2, 0.25) is 0 Å². The first kappa shape index (κ1) is 13.6. The van der Waals surface area contributed by atoms with Gasteiger partial charge in [-0.25, -0.2) is 4.39 Å². The van der Waals surface area contributed by atoms with Crippen LogP contribution in [0.15, 0.2) is 18.2 Å². The van der Waals surface area contributed by atoms with Crippen molar-refractivity contribution in [1.82, 2.24) is 4.90 Å². The fourth-order valence-corrected chi connectivity index (χ4v) is 1.48. The smallest absolute Gasteiger partial charge is 0.319 e. The van der Waals surface area contributed by atoms with Gasteiger partial charge in [0, 0.05) is 18.7 Å². The first-order chi connectivity index (χ1) is 8.06. The van der Waals surface area contributed by atoms with Crippen molar-refractivity contribution in [3.63, 3.8) is 0 Å². The third kappa shape index (κ3) is 4.13. The molecule has 0 amide bonds. The molecule has 4 nitrogen and oxygen atoms in total. The number of hydrogen-bond acceptors (Lipinski definition) is 4. The average Bonchev–Trinajstić information content (AvgIpc) is 2.31. The summed E-state index contributed by atoms with van der Waals surface area (Å²) in [5.74, 6) is -0.642. The molecule has 0 heterocycles. The maximum absolute atomic E-state index is 13.6. The van der Waals surface area contributed by atoms with E-state index in [-0.39, 0.29) is 18.3 Å². The van der Waals surface area contributed by atoms with Crippen LogP contribution in [-0.4, -0.2) is 31.6 Å². The van der Waals surface area contributed by atoms with E-state index in [9.17, 15) is 9.18 Å². The van der Waals surface area contributed by atoms with Crippen LogP contribution in [0.4, 0.5) is 4.39 Å². The van der Waals surface area contributed by atoms with Crippen molar-refractivity contribution in [3.05, 3.63) is 35.1 Å². The summed E-state index contributed by atoms with van der Waals surface area (Å²) < 4.78 is 18.2. The van der Waals surface area contributed by atoms with Crippen molar-refractivity contribution < 1.29 is 13.9 Å². The van der Waals surface area contributed by atoms with E-state index < -0.39 is 0 Å². The average molecular weight is 240 g/mol. The molecule has 0 bridgehead atoms. The van der Waals surface area contributed by atoms with E-state index in [4.69, 9.17) is 5.73 Å². The maximum atomic E-state index is 13.6. The molecular formula is C12H17FN2O2. The van der Waals surface area contributed by atoms with Crippen molar-refractivity contribution in [1.29, 1.82) is 0 Å². The number of benzene rings is 1. The largest absolute Gasteiger partial charge is 0.468 e. The summed E-state index contributed by atoms with van der Waals surface area (Å²) in [5.41, 5.74) is 6.70. The van der Waals surface area contributed by atoms with Gasteiger partial charge in [0.25, 0.3) is 0 Å². The molecule has 2 N–H and O–H groups in total. The van der Waals surface area contributed by atoms with Crippen LogP contribution in [0.2, 0.25) is 0 Å². The molecule has 1 aromatic rings. The van der Waals surface area contributed by atoms with Gasteiger partial charge >= 0.3 is 5.97 Å². The summed E-state index contributed by atoms with van der Waals surface area (Å²) >= 11 is 0.